The Kier molecular flexibility index (Phi) is 4.01. The van der Waals surface area contributed by atoms with Crippen molar-refractivity contribution in [1.82, 2.24) is 0 Å². The van der Waals surface area contributed by atoms with Crippen molar-refractivity contribution in [2.24, 2.45) is 0 Å². The summed E-state index contributed by atoms with van der Waals surface area (Å²) >= 11 is 0. The molecule has 0 heterocycles. The summed E-state index contributed by atoms with van der Waals surface area (Å²) in [6.07, 6.45) is 9.91. The van der Waals surface area contributed by atoms with E-state index in [1.165, 1.54) is 55.7 Å². The lowest BCUT2D eigenvalue weighted by atomic mass is 9.86. The summed E-state index contributed by atoms with van der Waals surface area (Å²) in [5.41, 5.74) is 1.53. The van der Waals surface area contributed by atoms with Crippen LogP contribution in [0.25, 0.3) is 0 Å². The summed E-state index contributed by atoms with van der Waals surface area (Å²) in [5.74, 6) is 0.807. The Morgan fingerprint density at radius 1 is 0.933 bits per heavy atom. The van der Waals surface area contributed by atoms with Gasteiger partial charge in [-0.25, -0.2) is 0 Å². The van der Waals surface area contributed by atoms with E-state index in [-0.39, 0.29) is 0 Å². The molecule has 0 unspecified atom stereocenters. The van der Waals surface area contributed by atoms with Crippen molar-refractivity contribution < 1.29 is 0 Å². The van der Waals surface area contributed by atoms with Crippen LogP contribution in [0.15, 0.2) is 24.3 Å². The highest BCUT2D eigenvalue weighted by atomic mass is 28.1. The van der Waals surface area contributed by atoms with Crippen LogP contribution in [0.2, 0.25) is 0 Å². The van der Waals surface area contributed by atoms with Crippen molar-refractivity contribution in [2.45, 2.75) is 50.9 Å². The van der Waals surface area contributed by atoms with E-state index in [0.717, 1.165) is 5.92 Å². The van der Waals surface area contributed by atoms with Gasteiger partial charge in [-0.1, -0.05) is 61.6 Å². The summed E-state index contributed by atoms with van der Waals surface area (Å²) in [6.45, 7) is 0. The van der Waals surface area contributed by atoms with Crippen molar-refractivity contribution in [3.8, 4) is 0 Å². The second kappa shape index (κ2) is 5.50. The zero-order chi connectivity index (χ0) is 10.5. The number of benzene rings is 1. The molecule has 1 heteroatoms. The molecule has 0 aromatic heterocycles. The molecule has 2 rings (SSSR count). The normalized spacial score (nSPS) is 19.5. The van der Waals surface area contributed by atoms with E-state index < -0.39 is 0 Å². The summed E-state index contributed by atoms with van der Waals surface area (Å²) in [5, 5.41) is 1.22. The molecular formula is C14H19Si. The maximum absolute atomic E-state index is 3.61. The highest BCUT2D eigenvalue weighted by molar-refractivity contribution is 6.32. The third-order valence-electron chi connectivity index (χ3n) is 3.46. The second-order valence-electron chi connectivity index (χ2n) is 4.67. The Morgan fingerprint density at radius 2 is 1.60 bits per heavy atom. The molecule has 1 fully saturated rings. The van der Waals surface area contributed by atoms with Crippen molar-refractivity contribution >= 4 is 15.4 Å². The maximum Gasteiger partial charge on any atom is 0.0711 e. The summed E-state index contributed by atoms with van der Waals surface area (Å²) < 4.78 is 0. The molecule has 3 radical (unpaired) electrons. The minimum Gasteiger partial charge on any atom is -0.0671 e. The molecule has 0 aliphatic heterocycles. The molecule has 1 aliphatic carbocycles. The SMILES string of the molecule is [Si]c1cccc(C2CCCCCCC2)c1. The van der Waals surface area contributed by atoms with Gasteiger partial charge in [0.15, 0.2) is 0 Å². The largest absolute Gasteiger partial charge is 0.0711 e. The predicted molar refractivity (Wildman–Crippen MR) is 66.9 cm³/mol. The van der Waals surface area contributed by atoms with Crippen LogP contribution in [-0.2, 0) is 0 Å². The standard InChI is InChI=1S/C14H19Si/c15-14-10-6-9-13(11-14)12-7-4-2-1-3-5-8-12/h6,9-12H,1-5,7-8H2. The third-order valence-corrected chi connectivity index (χ3v) is 3.77. The highest BCUT2D eigenvalue weighted by Crippen LogP contribution is 2.30. The molecule has 1 aliphatic rings. The lowest BCUT2D eigenvalue weighted by molar-refractivity contribution is 0.456. The average molecular weight is 215 g/mol. The number of hydrogen-bond acceptors (Lipinski definition) is 0. The van der Waals surface area contributed by atoms with E-state index in [1.807, 2.05) is 0 Å². The van der Waals surface area contributed by atoms with Crippen LogP contribution in [0.5, 0.6) is 0 Å². The van der Waals surface area contributed by atoms with Crippen LogP contribution in [0.4, 0.5) is 0 Å². The van der Waals surface area contributed by atoms with Gasteiger partial charge in [0, 0.05) is 0 Å². The molecule has 15 heavy (non-hydrogen) atoms. The molecule has 79 valence electrons. The minimum absolute atomic E-state index is 0.807. The molecule has 0 saturated heterocycles. The Balaban J connectivity index is 2.06. The van der Waals surface area contributed by atoms with Crippen LogP contribution < -0.4 is 5.19 Å². The molecular weight excluding hydrogens is 196 g/mol. The van der Waals surface area contributed by atoms with Gasteiger partial charge in [0.25, 0.3) is 0 Å². The molecule has 0 N–H and O–H groups in total. The van der Waals surface area contributed by atoms with E-state index in [4.69, 9.17) is 0 Å². The van der Waals surface area contributed by atoms with E-state index in [0.29, 0.717) is 0 Å². The topological polar surface area (TPSA) is 0 Å². The average Bonchev–Trinajstić information content (AvgIpc) is 2.16. The number of hydrogen-bond donors (Lipinski definition) is 0. The predicted octanol–water partition coefficient (Wildman–Crippen LogP) is 3.31. The van der Waals surface area contributed by atoms with Gasteiger partial charge in [0.05, 0.1) is 10.2 Å². The van der Waals surface area contributed by atoms with Crippen LogP contribution in [-0.4, -0.2) is 10.2 Å². The van der Waals surface area contributed by atoms with E-state index in [9.17, 15) is 0 Å². The van der Waals surface area contributed by atoms with Gasteiger partial charge in [-0.3, -0.25) is 0 Å². The van der Waals surface area contributed by atoms with E-state index >= 15 is 0 Å². The zero-order valence-electron chi connectivity index (χ0n) is 9.34. The monoisotopic (exact) mass is 215 g/mol. The first-order valence-electron chi connectivity index (χ1n) is 6.18. The van der Waals surface area contributed by atoms with Crippen molar-refractivity contribution in [3.63, 3.8) is 0 Å². The summed E-state index contributed by atoms with van der Waals surface area (Å²) in [4.78, 5) is 0. The fourth-order valence-electron chi connectivity index (χ4n) is 2.58. The van der Waals surface area contributed by atoms with Crippen molar-refractivity contribution in [2.75, 3.05) is 0 Å². The van der Waals surface area contributed by atoms with Gasteiger partial charge < -0.3 is 0 Å². The van der Waals surface area contributed by atoms with Crippen LogP contribution in [0.3, 0.4) is 0 Å². The Labute approximate surface area is 96.5 Å². The van der Waals surface area contributed by atoms with Gasteiger partial charge >= 0.3 is 0 Å². The molecule has 1 aromatic carbocycles. The smallest absolute Gasteiger partial charge is 0.0671 e. The first-order valence-corrected chi connectivity index (χ1v) is 6.68. The third kappa shape index (κ3) is 3.20. The molecule has 1 saturated carbocycles. The first kappa shape index (κ1) is 10.9. The van der Waals surface area contributed by atoms with E-state index in [2.05, 4.69) is 34.5 Å². The molecule has 0 atom stereocenters. The van der Waals surface area contributed by atoms with Gasteiger partial charge in [0.2, 0.25) is 0 Å². The van der Waals surface area contributed by atoms with Crippen LogP contribution >= 0.6 is 0 Å². The Bertz CT molecular complexity index is 298. The highest BCUT2D eigenvalue weighted by Gasteiger charge is 2.13. The van der Waals surface area contributed by atoms with Gasteiger partial charge in [-0.05, 0) is 24.3 Å². The quantitative estimate of drug-likeness (QED) is 0.631. The fourth-order valence-corrected chi connectivity index (χ4v) is 2.84. The molecule has 0 spiro atoms. The van der Waals surface area contributed by atoms with Crippen molar-refractivity contribution in [1.29, 1.82) is 0 Å². The number of rotatable bonds is 1. The molecule has 0 amide bonds. The molecule has 0 bridgehead atoms. The van der Waals surface area contributed by atoms with Gasteiger partial charge in [-0.2, -0.15) is 0 Å². The Morgan fingerprint density at radius 3 is 2.27 bits per heavy atom. The minimum atomic E-state index is 0.807. The van der Waals surface area contributed by atoms with E-state index in [1.54, 1.807) is 0 Å². The van der Waals surface area contributed by atoms with Crippen molar-refractivity contribution in [3.05, 3.63) is 29.8 Å². The maximum atomic E-state index is 3.61. The second-order valence-corrected chi connectivity index (χ2v) is 5.24. The molecule has 0 nitrogen and oxygen atoms in total. The lowest BCUT2D eigenvalue weighted by Gasteiger charge is -2.20. The van der Waals surface area contributed by atoms with Gasteiger partial charge in [0.1, 0.15) is 0 Å². The van der Waals surface area contributed by atoms with Gasteiger partial charge in [-0.15, -0.1) is 0 Å². The summed E-state index contributed by atoms with van der Waals surface area (Å²) in [7, 11) is 3.61. The first-order chi connectivity index (χ1) is 7.36. The molecule has 1 aromatic rings. The lowest BCUT2D eigenvalue weighted by Crippen LogP contribution is -2.07. The van der Waals surface area contributed by atoms with Crippen LogP contribution in [0, 0.1) is 0 Å². The van der Waals surface area contributed by atoms with Crippen LogP contribution in [0.1, 0.15) is 56.4 Å². The zero-order valence-corrected chi connectivity index (χ0v) is 10.3. The summed E-state index contributed by atoms with van der Waals surface area (Å²) in [6, 6.07) is 8.86. The Hall–Kier alpha value is -0.563. The fraction of sp³-hybridized carbons (Fsp3) is 0.571.